The van der Waals surface area contributed by atoms with Gasteiger partial charge in [-0.3, -0.25) is 5.10 Å². The van der Waals surface area contributed by atoms with E-state index in [0.29, 0.717) is 12.1 Å². The third-order valence-electron chi connectivity index (χ3n) is 6.13. The lowest BCUT2D eigenvalue weighted by Crippen LogP contribution is -2.44. The van der Waals surface area contributed by atoms with E-state index in [4.69, 9.17) is 0 Å². The maximum atomic E-state index is 4.68. The molecular weight excluding hydrogens is 394 g/mol. The first-order chi connectivity index (χ1) is 14.9. The number of rotatable bonds is 5. The van der Waals surface area contributed by atoms with E-state index in [1.165, 1.54) is 25.7 Å². The fourth-order valence-electron chi connectivity index (χ4n) is 4.50. The van der Waals surface area contributed by atoms with Crippen LogP contribution < -0.4 is 10.2 Å². The molecule has 1 aromatic carbocycles. The Balaban J connectivity index is 1.35. The van der Waals surface area contributed by atoms with Gasteiger partial charge in [-0.1, -0.05) is 12.1 Å². The predicted molar refractivity (Wildman–Crippen MR) is 120 cm³/mol. The molecule has 0 atom stereocenters. The fraction of sp³-hybridized carbons (Fsp3) is 0.364. The predicted octanol–water partition coefficient (Wildman–Crippen LogP) is 3.86. The second-order valence-electron chi connectivity index (χ2n) is 8.07. The minimum atomic E-state index is 0.571. The number of H-pyrrole nitrogens is 1. The summed E-state index contributed by atoms with van der Waals surface area (Å²) in [6.07, 6.45) is 8.62. The summed E-state index contributed by atoms with van der Waals surface area (Å²) in [6.45, 7) is 2.18. The largest absolute Gasteiger partial charge is 0.349 e. The third kappa shape index (κ3) is 3.16. The topological polar surface area (TPSA) is 82.6 Å². The van der Waals surface area contributed by atoms with Crippen molar-refractivity contribution in [3.8, 4) is 22.4 Å². The van der Waals surface area contributed by atoms with Gasteiger partial charge in [-0.05, 0) is 50.9 Å². The Kier molecular flexibility index (Phi) is 4.46. The normalized spacial score (nSPS) is 17.5. The van der Waals surface area contributed by atoms with Gasteiger partial charge in [0.15, 0.2) is 5.82 Å². The lowest BCUT2D eigenvalue weighted by Gasteiger charge is -2.35. The first-order valence-electron chi connectivity index (χ1n) is 10.6. The van der Waals surface area contributed by atoms with Crippen LogP contribution in [-0.4, -0.2) is 50.6 Å². The maximum Gasteiger partial charge on any atom is 0.151 e. The number of hydrogen-bond acceptors (Lipinski definition) is 7. The first-order valence-corrected chi connectivity index (χ1v) is 11.4. The average Bonchev–Trinajstić information content (AvgIpc) is 3.27. The van der Waals surface area contributed by atoms with Crippen molar-refractivity contribution in [1.29, 1.82) is 0 Å². The summed E-state index contributed by atoms with van der Waals surface area (Å²) in [7, 11) is 0. The van der Waals surface area contributed by atoms with E-state index >= 15 is 0 Å². The van der Waals surface area contributed by atoms with Crippen molar-refractivity contribution in [3.63, 3.8) is 0 Å². The van der Waals surface area contributed by atoms with Gasteiger partial charge in [-0.15, -0.1) is 21.5 Å². The van der Waals surface area contributed by atoms with Crippen LogP contribution in [-0.2, 0) is 0 Å². The molecule has 1 saturated heterocycles. The third-order valence-corrected chi connectivity index (χ3v) is 6.99. The van der Waals surface area contributed by atoms with Gasteiger partial charge in [0.05, 0.1) is 27.6 Å². The van der Waals surface area contributed by atoms with Crippen molar-refractivity contribution < 1.29 is 0 Å². The number of nitrogens with zero attached hydrogens (tertiary/aromatic N) is 5. The Hall–Kier alpha value is -2.84. The molecule has 4 heterocycles. The van der Waals surface area contributed by atoms with Gasteiger partial charge in [0.1, 0.15) is 0 Å². The Morgan fingerprint density at radius 2 is 1.77 bits per heavy atom. The molecule has 1 aliphatic carbocycles. The summed E-state index contributed by atoms with van der Waals surface area (Å²) >= 11 is 1.64. The quantitative estimate of drug-likeness (QED) is 0.513. The molecule has 1 saturated carbocycles. The number of piperidine rings is 1. The maximum absolute atomic E-state index is 4.68. The van der Waals surface area contributed by atoms with Crippen molar-refractivity contribution in [2.75, 3.05) is 18.0 Å². The van der Waals surface area contributed by atoms with Crippen LogP contribution in [0.5, 0.6) is 0 Å². The second kappa shape index (κ2) is 7.45. The monoisotopic (exact) mass is 417 g/mol. The van der Waals surface area contributed by atoms with Crippen LogP contribution in [0.1, 0.15) is 25.7 Å². The number of hydrogen-bond donors (Lipinski definition) is 2. The highest BCUT2D eigenvalue weighted by molar-refractivity contribution is 7.17. The molecule has 2 N–H and O–H groups in total. The molecule has 6 rings (SSSR count). The number of fused-ring (bicyclic) bond motifs is 1. The van der Waals surface area contributed by atoms with Gasteiger partial charge in [-0.25, -0.2) is 4.98 Å². The lowest BCUT2D eigenvalue weighted by atomic mass is 10.0. The lowest BCUT2D eigenvalue weighted by molar-refractivity contribution is 0.424. The molecule has 30 heavy (non-hydrogen) atoms. The number of benzene rings is 1. The highest BCUT2D eigenvalue weighted by Gasteiger charge is 2.35. The van der Waals surface area contributed by atoms with E-state index < -0.39 is 0 Å². The van der Waals surface area contributed by atoms with Crippen LogP contribution in [0.25, 0.3) is 32.6 Å². The van der Waals surface area contributed by atoms with Crippen molar-refractivity contribution in [3.05, 3.63) is 42.2 Å². The summed E-state index contributed by atoms with van der Waals surface area (Å²) in [5.41, 5.74) is 6.98. The van der Waals surface area contributed by atoms with Gasteiger partial charge in [0, 0.05) is 35.0 Å². The van der Waals surface area contributed by atoms with Crippen LogP contribution in [0.2, 0.25) is 0 Å². The first kappa shape index (κ1) is 18.0. The molecular formula is C22H23N7S. The molecule has 4 aromatic rings. The molecule has 3 aromatic heterocycles. The summed E-state index contributed by atoms with van der Waals surface area (Å²) < 4.78 is 1.13. The SMILES string of the molecule is c1nc2c(-c3cn[nH]c3)ccc(-c3ccc(N(C4CCNCC4)C4CC4)nn3)c2s1. The minimum absolute atomic E-state index is 0.571. The zero-order valence-corrected chi connectivity index (χ0v) is 17.4. The van der Waals surface area contributed by atoms with Crippen LogP contribution in [0.15, 0.2) is 42.2 Å². The smallest absolute Gasteiger partial charge is 0.151 e. The van der Waals surface area contributed by atoms with E-state index in [9.17, 15) is 0 Å². The van der Waals surface area contributed by atoms with E-state index in [1.54, 1.807) is 11.3 Å². The van der Waals surface area contributed by atoms with Crippen LogP contribution in [0.4, 0.5) is 5.82 Å². The van der Waals surface area contributed by atoms with Gasteiger partial charge in [-0.2, -0.15) is 5.10 Å². The Labute approximate surface area is 178 Å². The Morgan fingerprint density at radius 1 is 0.933 bits per heavy atom. The summed E-state index contributed by atoms with van der Waals surface area (Å²) in [5.74, 6) is 1.02. The Bertz CT molecular complexity index is 1140. The van der Waals surface area contributed by atoms with Gasteiger partial charge >= 0.3 is 0 Å². The zero-order chi connectivity index (χ0) is 19.9. The average molecular weight is 418 g/mol. The van der Waals surface area contributed by atoms with Crippen molar-refractivity contribution >= 4 is 27.4 Å². The molecule has 1 aliphatic heterocycles. The van der Waals surface area contributed by atoms with Crippen molar-refractivity contribution in [2.24, 2.45) is 0 Å². The van der Waals surface area contributed by atoms with E-state index in [0.717, 1.165) is 51.5 Å². The molecule has 0 bridgehead atoms. The van der Waals surface area contributed by atoms with E-state index in [2.05, 4.69) is 59.9 Å². The summed E-state index contributed by atoms with van der Waals surface area (Å²) in [4.78, 5) is 7.14. The molecule has 2 aliphatic rings. The summed E-state index contributed by atoms with van der Waals surface area (Å²) in [5, 5.41) is 19.8. The van der Waals surface area contributed by atoms with Gasteiger partial charge < -0.3 is 10.2 Å². The van der Waals surface area contributed by atoms with E-state index in [-0.39, 0.29) is 0 Å². The standard InChI is InChI=1S/C22H23N7S/c1-2-15(1)29(16-7-9-23-10-8-16)20-6-5-19(27-28-20)18-4-3-17(14-11-25-26-12-14)21-22(18)30-13-24-21/h3-6,11-13,15-16,23H,1-2,7-10H2,(H,25,26). The molecule has 0 radical (unpaired) electrons. The fourth-order valence-corrected chi connectivity index (χ4v) is 5.34. The molecule has 152 valence electrons. The number of aromatic nitrogens is 5. The molecule has 0 amide bonds. The van der Waals surface area contributed by atoms with Crippen LogP contribution in [0.3, 0.4) is 0 Å². The minimum Gasteiger partial charge on any atom is -0.349 e. The molecule has 0 spiro atoms. The molecule has 0 unspecified atom stereocenters. The van der Waals surface area contributed by atoms with Crippen molar-refractivity contribution in [1.82, 2.24) is 30.7 Å². The second-order valence-corrected chi connectivity index (χ2v) is 8.93. The Morgan fingerprint density at radius 3 is 2.50 bits per heavy atom. The van der Waals surface area contributed by atoms with E-state index in [1.807, 2.05) is 17.9 Å². The summed E-state index contributed by atoms with van der Waals surface area (Å²) in [6, 6.07) is 9.70. The van der Waals surface area contributed by atoms with Crippen LogP contribution in [0, 0.1) is 0 Å². The van der Waals surface area contributed by atoms with Crippen LogP contribution >= 0.6 is 11.3 Å². The van der Waals surface area contributed by atoms with Crippen molar-refractivity contribution in [2.45, 2.75) is 37.8 Å². The molecule has 2 fully saturated rings. The van der Waals surface area contributed by atoms with Gasteiger partial charge in [0.2, 0.25) is 0 Å². The number of anilines is 1. The highest BCUT2D eigenvalue weighted by atomic mass is 32.1. The number of thiazole rings is 1. The number of aromatic amines is 1. The molecule has 8 heteroatoms. The number of nitrogens with one attached hydrogen (secondary N) is 2. The van der Waals surface area contributed by atoms with Gasteiger partial charge in [0.25, 0.3) is 0 Å². The zero-order valence-electron chi connectivity index (χ0n) is 16.6. The molecule has 7 nitrogen and oxygen atoms in total. The highest BCUT2D eigenvalue weighted by Crippen LogP contribution is 2.38.